The maximum absolute atomic E-state index is 14.2. The van der Waals surface area contributed by atoms with Gasteiger partial charge in [0.1, 0.15) is 29.5 Å². The van der Waals surface area contributed by atoms with Gasteiger partial charge in [0.25, 0.3) is 5.56 Å². The molecule has 0 bridgehead atoms. The van der Waals surface area contributed by atoms with E-state index in [4.69, 9.17) is 28.7 Å². The van der Waals surface area contributed by atoms with E-state index >= 15 is 0 Å². The van der Waals surface area contributed by atoms with Gasteiger partial charge in [-0.2, -0.15) is 0 Å². The Morgan fingerprint density at radius 2 is 1.51 bits per heavy atom. The van der Waals surface area contributed by atoms with Gasteiger partial charge in [-0.15, -0.1) is 0 Å². The maximum Gasteiger partial charge on any atom is 0.355 e. The molecule has 12 nitrogen and oxygen atoms in total. The van der Waals surface area contributed by atoms with Crippen molar-refractivity contribution in [1.82, 2.24) is 9.55 Å². The van der Waals surface area contributed by atoms with Crippen LogP contribution in [0.2, 0.25) is 0 Å². The Morgan fingerprint density at radius 1 is 0.826 bits per heavy atom. The summed E-state index contributed by atoms with van der Waals surface area (Å²) in [4.78, 5) is 71.9. The van der Waals surface area contributed by atoms with E-state index < -0.39 is 29.5 Å². The largest absolute Gasteiger partial charge is 0.487 e. The molecule has 2 aromatic heterocycles. The van der Waals surface area contributed by atoms with Crippen LogP contribution >= 0.6 is 0 Å². The van der Waals surface area contributed by atoms with E-state index in [1.807, 2.05) is 27.7 Å². The number of rotatable bonds is 20. The van der Waals surface area contributed by atoms with E-state index in [2.05, 4.69) is 34.6 Å². The molecule has 0 radical (unpaired) electrons. The number of carbonyl (C=O) groups excluding carboxylic acids is 4. The first-order chi connectivity index (χ1) is 32.8. The molecule has 0 unspecified atom stereocenters. The Balaban J connectivity index is 0.990. The van der Waals surface area contributed by atoms with Crippen molar-refractivity contribution in [2.75, 3.05) is 0 Å². The van der Waals surface area contributed by atoms with Crippen LogP contribution in [-0.2, 0) is 60.2 Å². The van der Waals surface area contributed by atoms with Gasteiger partial charge >= 0.3 is 23.9 Å². The molecule has 0 N–H and O–H groups in total. The minimum absolute atomic E-state index is 0.0135. The molecule has 7 rings (SSSR count). The lowest BCUT2D eigenvalue weighted by Crippen LogP contribution is -2.47. The first-order valence-electron chi connectivity index (χ1n) is 25.6. The van der Waals surface area contributed by atoms with Crippen LogP contribution < -0.4 is 19.8 Å². The Labute approximate surface area is 408 Å². The van der Waals surface area contributed by atoms with Gasteiger partial charge in [0.15, 0.2) is 0 Å². The van der Waals surface area contributed by atoms with Gasteiger partial charge < -0.3 is 28.3 Å². The fraction of sp³-hybridized carbons (Fsp3) is 0.579. The van der Waals surface area contributed by atoms with Crippen molar-refractivity contribution in [2.24, 2.45) is 17.8 Å². The molecule has 0 fully saturated rings. The minimum Gasteiger partial charge on any atom is -0.487 e. The second-order valence-corrected chi connectivity index (χ2v) is 21.0. The number of fused-ring (bicyclic) bond motifs is 6. The molecule has 2 aromatic carbocycles. The predicted octanol–water partition coefficient (Wildman–Crippen LogP) is 12.0. The van der Waals surface area contributed by atoms with Crippen LogP contribution in [0.15, 0.2) is 29.1 Å². The van der Waals surface area contributed by atoms with E-state index in [0.717, 1.165) is 82.0 Å². The van der Waals surface area contributed by atoms with Gasteiger partial charge in [-0.3, -0.25) is 19.2 Å². The summed E-state index contributed by atoms with van der Waals surface area (Å²) in [5, 5.41) is 0.808. The van der Waals surface area contributed by atoms with Crippen molar-refractivity contribution in [3.05, 3.63) is 79.1 Å². The van der Waals surface area contributed by atoms with Gasteiger partial charge in [0.2, 0.25) is 5.60 Å². The lowest BCUT2D eigenvalue weighted by atomic mass is 9.83. The molecule has 0 saturated heterocycles. The van der Waals surface area contributed by atoms with Crippen molar-refractivity contribution in [3.8, 4) is 28.6 Å². The first-order valence-corrected chi connectivity index (χ1v) is 25.6. The zero-order valence-electron chi connectivity index (χ0n) is 43.0. The zero-order chi connectivity index (χ0) is 49.9. The summed E-state index contributed by atoms with van der Waals surface area (Å²) in [6, 6.07) is 6.94. The molecular weight excluding hydrogens is 873 g/mol. The number of aryl methyl sites for hydroxylation is 1. The molecule has 0 spiro atoms. The normalized spacial score (nSPS) is 18.9. The summed E-state index contributed by atoms with van der Waals surface area (Å²) in [5.41, 5.74) is 5.06. The van der Waals surface area contributed by atoms with Gasteiger partial charge in [-0.25, -0.2) is 9.78 Å². The fourth-order valence-corrected chi connectivity index (χ4v) is 11.0. The lowest BCUT2D eigenvalue weighted by Gasteiger charge is -2.38. The van der Waals surface area contributed by atoms with Crippen LogP contribution in [0.4, 0.5) is 0 Å². The van der Waals surface area contributed by atoms with E-state index in [1.165, 1.54) is 51.9 Å². The number of benzene rings is 2. The van der Waals surface area contributed by atoms with E-state index in [9.17, 15) is 24.0 Å². The summed E-state index contributed by atoms with van der Waals surface area (Å²) < 4.78 is 31.4. The van der Waals surface area contributed by atoms with Gasteiger partial charge in [0, 0.05) is 29.0 Å². The van der Waals surface area contributed by atoms with Gasteiger partial charge in [-0.05, 0) is 130 Å². The van der Waals surface area contributed by atoms with Gasteiger partial charge in [0.05, 0.1) is 41.9 Å². The maximum atomic E-state index is 14.2. The second kappa shape index (κ2) is 21.2. The molecular formula is C57H74N2O10. The molecule has 0 aliphatic carbocycles. The number of hydrogen-bond acceptors (Lipinski definition) is 11. The van der Waals surface area contributed by atoms with Crippen LogP contribution in [0.3, 0.4) is 0 Å². The molecule has 4 aromatic rings. The number of esters is 4. The Morgan fingerprint density at radius 3 is 2.17 bits per heavy atom. The summed E-state index contributed by atoms with van der Waals surface area (Å²) in [6.45, 7) is 22.5. The molecule has 0 saturated carbocycles. The highest BCUT2D eigenvalue weighted by atomic mass is 16.6. The second-order valence-electron chi connectivity index (χ2n) is 21.0. The highest BCUT2D eigenvalue weighted by molar-refractivity contribution is 5.91. The smallest absolute Gasteiger partial charge is 0.355 e. The van der Waals surface area contributed by atoms with Gasteiger partial charge in [-0.1, -0.05) is 86.5 Å². The predicted molar refractivity (Wildman–Crippen MR) is 267 cm³/mol. The third-order valence-corrected chi connectivity index (χ3v) is 15.2. The molecule has 12 heteroatoms. The standard InChI is InChI=1S/C57H74N2O10/c1-12-41-43-29-40(66-39(10)60)22-23-47(43)58-51-44(41)31-59-48(51)30-46-45(54(59)63)32-65-55(64)57(46,13-2)68-50(62)25-24-49(61)67-52-36(7)37(8)53-42(38(52)9)26-28-56(11,69-53)27-16-21-35(6)20-15-19-34(5)18-14-17-33(3)4/h22-23,29-30,33-35H,12-21,24-28,31-32H2,1-11H3/t34-,35-,56-,57+/m1/s1. The molecule has 0 amide bonds. The van der Waals surface area contributed by atoms with Crippen LogP contribution in [-0.4, -0.2) is 39.0 Å². The SMILES string of the molecule is CCc1c2c(nc3ccc(OC(C)=O)cc13)-c1cc3c(c(=O)n1C2)COC(=O)[C@@]3(CC)OC(=O)CCC(=O)Oc1c(C)c(C)c2c(c1C)CC[C@@](C)(CCC[C@H](C)CCC[C@H](C)CCCC(C)C)O2. The van der Waals surface area contributed by atoms with Crippen molar-refractivity contribution in [2.45, 2.75) is 197 Å². The van der Waals surface area contributed by atoms with E-state index in [-0.39, 0.29) is 54.7 Å². The highest BCUT2D eigenvalue weighted by Crippen LogP contribution is 2.46. The van der Waals surface area contributed by atoms with Crippen LogP contribution in [0.25, 0.3) is 22.3 Å². The van der Waals surface area contributed by atoms with Crippen molar-refractivity contribution >= 4 is 34.8 Å². The number of pyridine rings is 2. The van der Waals surface area contributed by atoms with E-state index in [1.54, 1.807) is 35.8 Å². The molecule has 3 aliphatic rings. The average molecular weight is 947 g/mol. The Kier molecular flexibility index (Phi) is 15.8. The Bertz CT molecular complexity index is 2700. The van der Waals surface area contributed by atoms with Crippen LogP contribution in [0, 0.1) is 38.5 Å². The van der Waals surface area contributed by atoms with Crippen LogP contribution in [0.5, 0.6) is 17.2 Å². The number of aromatic nitrogens is 2. The summed E-state index contributed by atoms with van der Waals surface area (Å²) in [7, 11) is 0. The summed E-state index contributed by atoms with van der Waals surface area (Å²) in [5.74, 6) is 1.40. The number of cyclic esters (lactones) is 1. The number of nitrogens with zero attached hydrogens (tertiary/aromatic N) is 2. The fourth-order valence-electron chi connectivity index (χ4n) is 11.0. The van der Waals surface area contributed by atoms with Crippen molar-refractivity contribution in [1.29, 1.82) is 0 Å². The summed E-state index contributed by atoms with van der Waals surface area (Å²) in [6.07, 6.45) is 12.8. The number of hydrogen-bond donors (Lipinski definition) is 0. The topological polar surface area (TPSA) is 149 Å². The third-order valence-electron chi connectivity index (χ3n) is 15.2. The lowest BCUT2D eigenvalue weighted by molar-refractivity contribution is -0.189. The molecule has 372 valence electrons. The number of carbonyl (C=O) groups is 4. The zero-order valence-corrected chi connectivity index (χ0v) is 43.0. The third kappa shape index (κ3) is 10.8. The first kappa shape index (κ1) is 51.3. The van der Waals surface area contributed by atoms with Crippen LogP contribution in [0.1, 0.15) is 183 Å². The molecule has 69 heavy (non-hydrogen) atoms. The Hall–Kier alpha value is -5.52. The molecule has 3 aliphatic heterocycles. The average Bonchev–Trinajstić information content (AvgIpc) is 3.67. The minimum atomic E-state index is -1.92. The monoisotopic (exact) mass is 947 g/mol. The van der Waals surface area contributed by atoms with Crippen molar-refractivity contribution < 1.29 is 42.9 Å². The summed E-state index contributed by atoms with van der Waals surface area (Å²) >= 11 is 0. The van der Waals surface area contributed by atoms with Crippen molar-refractivity contribution in [3.63, 3.8) is 0 Å². The quantitative estimate of drug-likeness (QED) is 0.0542. The number of ether oxygens (including phenoxy) is 5. The van der Waals surface area contributed by atoms with E-state index in [0.29, 0.717) is 40.7 Å². The highest BCUT2D eigenvalue weighted by Gasteiger charge is 2.50. The molecule has 4 atom stereocenters. The molecule has 5 heterocycles.